The summed E-state index contributed by atoms with van der Waals surface area (Å²) in [6, 6.07) is 8.14. The molecule has 3 heteroatoms. The van der Waals surface area contributed by atoms with Crippen LogP contribution in [0.15, 0.2) is 29.3 Å². The van der Waals surface area contributed by atoms with Crippen LogP contribution >= 0.6 is 0 Å². The highest BCUT2D eigenvalue weighted by atomic mass is 16.5. The smallest absolute Gasteiger partial charge is 0.130 e. The van der Waals surface area contributed by atoms with Crippen molar-refractivity contribution in [3.05, 3.63) is 29.8 Å². The Morgan fingerprint density at radius 1 is 1.25 bits per heavy atom. The van der Waals surface area contributed by atoms with Crippen LogP contribution in [0.2, 0.25) is 0 Å². The van der Waals surface area contributed by atoms with Crippen molar-refractivity contribution in [2.75, 3.05) is 20.1 Å². The lowest BCUT2D eigenvalue weighted by atomic mass is 10.2. The van der Waals surface area contributed by atoms with E-state index in [9.17, 15) is 0 Å². The molecule has 0 unspecified atom stereocenters. The van der Waals surface area contributed by atoms with Crippen molar-refractivity contribution in [1.29, 1.82) is 0 Å². The molecular formula is C13H18N2O. The highest BCUT2D eigenvalue weighted by molar-refractivity contribution is 5.99. The van der Waals surface area contributed by atoms with E-state index in [0.29, 0.717) is 0 Å². The van der Waals surface area contributed by atoms with Crippen LogP contribution in [0.4, 0.5) is 0 Å². The van der Waals surface area contributed by atoms with Gasteiger partial charge in [0.25, 0.3) is 0 Å². The van der Waals surface area contributed by atoms with Gasteiger partial charge >= 0.3 is 0 Å². The first kappa shape index (κ1) is 11.0. The van der Waals surface area contributed by atoms with Gasteiger partial charge in [-0.2, -0.15) is 0 Å². The lowest BCUT2D eigenvalue weighted by Crippen LogP contribution is -2.23. The zero-order valence-corrected chi connectivity index (χ0v) is 10.1. The van der Waals surface area contributed by atoms with Crippen molar-refractivity contribution in [2.24, 2.45) is 4.99 Å². The van der Waals surface area contributed by atoms with Gasteiger partial charge in [-0.1, -0.05) is 0 Å². The fourth-order valence-corrected chi connectivity index (χ4v) is 1.80. The van der Waals surface area contributed by atoms with Crippen LogP contribution in [0.25, 0.3) is 0 Å². The lowest BCUT2D eigenvalue weighted by Gasteiger charge is -2.14. The molecule has 1 aromatic rings. The van der Waals surface area contributed by atoms with Crippen molar-refractivity contribution in [1.82, 2.24) is 4.90 Å². The maximum absolute atomic E-state index is 5.61. The molecule has 0 saturated heterocycles. The Labute approximate surface area is 96.7 Å². The molecule has 0 atom stereocenters. The Morgan fingerprint density at radius 3 is 2.44 bits per heavy atom. The van der Waals surface area contributed by atoms with Gasteiger partial charge in [0.1, 0.15) is 11.6 Å². The van der Waals surface area contributed by atoms with Gasteiger partial charge in [0.2, 0.25) is 0 Å². The van der Waals surface area contributed by atoms with Gasteiger partial charge in [-0.25, -0.2) is 0 Å². The van der Waals surface area contributed by atoms with E-state index in [0.717, 1.165) is 30.2 Å². The number of aliphatic imine (C=N–C) groups is 1. The van der Waals surface area contributed by atoms with E-state index in [1.165, 1.54) is 0 Å². The zero-order chi connectivity index (χ0) is 11.5. The second-order valence-electron chi connectivity index (χ2n) is 4.32. The number of likely N-dealkylation sites (N-methyl/N-ethyl adjacent to an activating group) is 1. The second-order valence-corrected chi connectivity index (χ2v) is 4.32. The molecule has 0 aliphatic carbocycles. The molecule has 0 N–H and O–H groups in total. The molecule has 0 fully saturated rings. The fourth-order valence-electron chi connectivity index (χ4n) is 1.80. The topological polar surface area (TPSA) is 24.8 Å². The molecule has 0 spiro atoms. The largest absolute Gasteiger partial charge is 0.491 e. The van der Waals surface area contributed by atoms with Crippen LogP contribution < -0.4 is 4.74 Å². The standard InChI is InChI=1S/C13H18N2O/c1-10(2)16-12-6-4-11(5-7-12)13-14-8-9-15(13)3/h4-7,10H,8-9H2,1-3H3. The van der Waals surface area contributed by atoms with Crippen LogP contribution in [0.3, 0.4) is 0 Å². The number of nitrogens with zero attached hydrogens (tertiary/aromatic N) is 2. The number of rotatable bonds is 3. The Morgan fingerprint density at radius 2 is 1.94 bits per heavy atom. The average molecular weight is 218 g/mol. The third-order valence-electron chi connectivity index (χ3n) is 2.54. The quantitative estimate of drug-likeness (QED) is 0.776. The van der Waals surface area contributed by atoms with Crippen molar-refractivity contribution in [3.63, 3.8) is 0 Å². The Balaban J connectivity index is 2.13. The summed E-state index contributed by atoms with van der Waals surface area (Å²) < 4.78 is 5.61. The number of hydrogen-bond donors (Lipinski definition) is 0. The summed E-state index contributed by atoms with van der Waals surface area (Å²) >= 11 is 0. The van der Waals surface area contributed by atoms with E-state index < -0.39 is 0 Å². The Hall–Kier alpha value is -1.51. The summed E-state index contributed by atoms with van der Waals surface area (Å²) in [5.41, 5.74) is 1.16. The zero-order valence-electron chi connectivity index (χ0n) is 10.1. The SMILES string of the molecule is CC(C)Oc1ccc(C2=NCCN2C)cc1. The van der Waals surface area contributed by atoms with E-state index in [2.05, 4.69) is 29.1 Å². The Kier molecular flexibility index (Phi) is 3.13. The van der Waals surface area contributed by atoms with Gasteiger partial charge in [0, 0.05) is 19.2 Å². The van der Waals surface area contributed by atoms with E-state index >= 15 is 0 Å². The highest BCUT2D eigenvalue weighted by Gasteiger charge is 2.14. The minimum absolute atomic E-state index is 0.220. The number of benzene rings is 1. The third-order valence-corrected chi connectivity index (χ3v) is 2.54. The van der Waals surface area contributed by atoms with E-state index in [1.807, 2.05) is 26.0 Å². The predicted octanol–water partition coefficient (Wildman–Crippen LogP) is 2.17. The summed E-state index contributed by atoms with van der Waals surface area (Å²) in [5, 5.41) is 0. The predicted molar refractivity (Wildman–Crippen MR) is 66.2 cm³/mol. The first-order valence-electron chi connectivity index (χ1n) is 5.69. The monoisotopic (exact) mass is 218 g/mol. The van der Waals surface area contributed by atoms with Gasteiger partial charge in [-0.05, 0) is 38.1 Å². The summed E-state index contributed by atoms with van der Waals surface area (Å²) in [4.78, 5) is 6.66. The number of amidine groups is 1. The molecule has 1 aromatic carbocycles. The number of hydrogen-bond acceptors (Lipinski definition) is 3. The average Bonchev–Trinajstić information content (AvgIpc) is 2.65. The maximum Gasteiger partial charge on any atom is 0.130 e. The third kappa shape index (κ3) is 2.35. The second kappa shape index (κ2) is 4.56. The highest BCUT2D eigenvalue weighted by Crippen LogP contribution is 2.16. The van der Waals surface area contributed by atoms with Crippen molar-refractivity contribution >= 4 is 5.84 Å². The molecule has 1 aliphatic heterocycles. The van der Waals surface area contributed by atoms with Crippen molar-refractivity contribution in [3.8, 4) is 5.75 Å². The minimum Gasteiger partial charge on any atom is -0.491 e. The van der Waals surface area contributed by atoms with E-state index in [-0.39, 0.29) is 6.10 Å². The molecule has 0 saturated carbocycles. The molecule has 0 bridgehead atoms. The molecule has 0 amide bonds. The molecule has 0 aromatic heterocycles. The minimum atomic E-state index is 0.220. The molecular weight excluding hydrogens is 200 g/mol. The van der Waals surface area contributed by atoms with Crippen LogP contribution in [0, 0.1) is 0 Å². The van der Waals surface area contributed by atoms with Crippen molar-refractivity contribution in [2.45, 2.75) is 20.0 Å². The van der Waals surface area contributed by atoms with Gasteiger partial charge in [0.05, 0.1) is 12.6 Å². The number of ether oxygens (including phenoxy) is 1. The molecule has 1 heterocycles. The normalized spacial score (nSPS) is 15.5. The fraction of sp³-hybridized carbons (Fsp3) is 0.462. The molecule has 2 rings (SSSR count). The van der Waals surface area contributed by atoms with E-state index in [4.69, 9.17) is 4.74 Å². The first-order chi connectivity index (χ1) is 7.66. The van der Waals surface area contributed by atoms with E-state index in [1.54, 1.807) is 0 Å². The molecule has 86 valence electrons. The van der Waals surface area contributed by atoms with Gasteiger partial charge < -0.3 is 9.64 Å². The lowest BCUT2D eigenvalue weighted by molar-refractivity contribution is 0.242. The summed E-state index contributed by atoms with van der Waals surface area (Å²) in [6.45, 7) is 5.97. The van der Waals surface area contributed by atoms with Crippen LogP contribution in [-0.4, -0.2) is 37.0 Å². The Bertz CT molecular complexity index is 381. The molecule has 0 radical (unpaired) electrons. The van der Waals surface area contributed by atoms with Crippen LogP contribution in [0.1, 0.15) is 19.4 Å². The van der Waals surface area contributed by atoms with Gasteiger partial charge in [0.15, 0.2) is 0 Å². The molecule has 3 nitrogen and oxygen atoms in total. The van der Waals surface area contributed by atoms with Gasteiger partial charge in [-0.3, -0.25) is 4.99 Å². The van der Waals surface area contributed by atoms with Crippen LogP contribution in [-0.2, 0) is 0 Å². The summed E-state index contributed by atoms with van der Waals surface area (Å²) in [7, 11) is 2.07. The summed E-state index contributed by atoms with van der Waals surface area (Å²) in [5.74, 6) is 2.00. The molecule has 16 heavy (non-hydrogen) atoms. The maximum atomic E-state index is 5.61. The molecule has 1 aliphatic rings. The summed E-state index contributed by atoms with van der Waals surface area (Å²) in [6.07, 6.45) is 0.220. The first-order valence-corrected chi connectivity index (χ1v) is 5.69. The van der Waals surface area contributed by atoms with Crippen LogP contribution in [0.5, 0.6) is 5.75 Å². The van der Waals surface area contributed by atoms with Crippen molar-refractivity contribution < 1.29 is 4.74 Å². The van der Waals surface area contributed by atoms with Gasteiger partial charge in [-0.15, -0.1) is 0 Å².